The molecule has 0 bridgehead atoms. The number of ether oxygens (including phenoxy) is 1. The first-order valence-corrected chi connectivity index (χ1v) is 5.70. The first-order valence-electron chi connectivity index (χ1n) is 5.70. The van der Waals surface area contributed by atoms with Crippen LogP contribution in [0.2, 0.25) is 0 Å². The zero-order valence-corrected chi connectivity index (χ0v) is 10.7. The number of nitro benzene ring substituents is 1. The lowest BCUT2D eigenvalue weighted by Crippen LogP contribution is -2.29. The lowest BCUT2D eigenvalue weighted by molar-refractivity contribution is -0.384. The highest BCUT2D eigenvalue weighted by atomic mass is 16.6. The molecule has 1 atom stereocenters. The summed E-state index contributed by atoms with van der Waals surface area (Å²) in [5.41, 5.74) is 0.242. The van der Waals surface area contributed by atoms with E-state index >= 15 is 0 Å². The van der Waals surface area contributed by atoms with E-state index < -0.39 is 4.92 Å². The molecule has 1 aromatic rings. The zero-order chi connectivity index (χ0) is 13.7. The topological polar surface area (TPSA) is 84.6 Å². The Morgan fingerprint density at radius 1 is 1.50 bits per heavy atom. The fourth-order valence-corrected chi connectivity index (χ4v) is 1.61. The van der Waals surface area contributed by atoms with Crippen molar-refractivity contribution >= 4 is 11.4 Å². The van der Waals surface area contributed by atoms with Gasteiger partial charge in [-0.2, -0.15) is 0 Å². The third-order valence-electron chi connectivity index (χ3n) is 2.74. The molecule has 0 aliphatic carbocycles. The van der Waals surface area contributed by atoms with Gasteiger partial charge in [0, 0.05) is 0 Å². The van der Waals surface area contributed by atoms with Crippen LogP contribution in [0.3, 0.4) is 0 Å². The molecule has 0 radical (unpaired) electrons. The number of methoxy groups -OCH3 is 1. The van der Waals surface area contributed by atoms with Crippen LogP contribution in [0.15, 0.2) is 18.2 Å². The van der Waals surface area contributed by atoms with E-state index in [1.807, 2.05) is 13.8 Å². The van der Waals surface area contributed by atoms with Gasteiger partial charge >= 0.3 is 5.69 Å². The monoisotopic (exact) mass is 254 g/mol. The third kappa shape index (κ3) is 3.10. The number of hydrogen-bond acceptors (Lipinski definition) is 5. The Morgan fingerprint density at radius 3 is 2.61 bits per heavy atom. The van der Waals surface area contributed by atoms with Crippen LogP contribution in [0.25, 0.3) is 0 Å². The summed E-state index contributed by atoms with van der Waals surface area (Å²) in [7, 11) is 1.39. The van der Waals surface area contributed by atoms with Gasteiger partial charge in [-0.05, 0) is 18.1 Å². The molecule has 6 nitrogen and oxygen atoms in total. The van der Waals surface area contributed by atoms with E-state index in [2.05, 4.69) is 5.32 Å². The van der Waals surface area contributed by atoms with E-state index in [1.165, 1.54) is 13.2 Å². The Hall–Kier alpha value is -1.82. The van der Waals surface area contributed by atoms with Crippen LogP contribution in [-0.2, 0) is 0 Å². The number of nitrogens with one attached hydrogen (secondary N) is 1. The second kappa shape index (κ2) is 6.20. The predicted octanol–water partition coefficient (Wildman–Crippen LogP) is 2.03. The van der Waals surface area contributed by atoms with Crippen LogP contribution in [-0.4, -0.2) is 29.8 Å². The van der Waals surface area contributed by atoms with Crippen LogP contribution < -0.4 is 10.1 Å². The van der Waals surface area contributed by atoms with Gasteiger partial charge in [0.1, 0.15) is 5.69 Å². The highest BCUT2D eigenvalue weighted by Gasteiger charge is 2.23. The number of nitro groups is 1. The highest BCUT2D eigenvalue weighted by molar-refractivity contribution is 5.68. The number of hydrogen-bond donors (Lipinski definition) is 2. The largest absolute Gasteiger partial charge is 0.490 e. The molecule has 6 heteroatoms. The summed E-state index contributed by atoms with van der Waals surface area (Å²) in [4.78, 5) is 10.6. The van der Waals surface area contributed by atoms with Crippen molar-refractivity contribution in [3.05, 3.63) is 28.3 Å². The first-order chi connectivity index (χ1) is 8.51. The summed E-state index contributed by atoms with van der Waals surface area (Å²) in [6, 6.07) is 4.57. The van der Waals surface area contributed by atoms with Crippen molar-refractivity contribution in [2.75, 3.05) is 19.0 Å². The molecule has 2 N–H and O–H groups in total. The van der Waals surface area contributed by atoms with E-state index in [0.717, 1.165) is 0 Å². The Labute approximate surface area is 106 Å². The van der Waals surface area contributed by atoms with Gasteiger partial charge in [0.05, 0.1) is 24.7 Å². The van der Waals surface area contributed by atoms with Gasteiger partial charge in [-0.3, -0.25) is 10.1 Å². The highest BCUT2D eigenvalue weighted by Crippen LogP contribution is 2.35. The molecule has 1 rings (SSSR count). The Kier molecular flexibility index (Phi) is 4.91. The molecule has 18 heavy (non-hydrogen) atoms. The molecule has 0 aliphatic heterocycles. The molecular weight excluding hydrogens is 236 g/mol. The van der Waals surface area contributed by atoms with Gasteiger partial charge < -0.3 is 15.2 Å². The number of rotatable bonds is 6. The van der Waals surface area contributed by atoms with E-state index in [-0.39, 0.29) is 30.0 Å². The standard InChI is InChI=1S/C12H18N2O4/c1-8(2)10(7-15)13-9-5-4-6-11(18-3)12(9)14(16)17/h4-6,8,10,13,15H,7H2,1-3H3. The maximum atomic E-state index is 11.1. The number of anilines is 1. The van der Waals surface area contributed by atoms with Crippen LogP contribution in [0, 0.1) is 16.0 Å². The van der Waals surface area contributed by atoms with Crippen molar-refractivity contribution in [1.29, 1.82) is 0 Å². The second-order valence-corrected chi connectivity index (χ2v) is 4.29. The van der Waals surface area contributed by atoms with Gasteiger partial charge in [-0.25, -0.2) is 0 Å². The van der Waals surface area contributed by atoms with E-state index in [0.29, 0.717) is 5.69 Å². The van der Waals surface area contributed by atoms with Crippen molar-refractivity contribution in [2.45, 2.75) is 19.9 Å². The predicted molar refractivity (Wildman–Crippen MR) is 69.0 cm³/mol. The Bertz CT molecular complexity index is 421. The molecule has 0 aliphatic rings. The minimum Gasteiger partial charge on any atom is -0.490 e. The van der Waals surface area contributed by atoms with Crippen LogP contribution in [0.1, 0.15) is 13.8 Å². The molecule has 1 aromatic carbocycles. The summed E-state index contributed by atoms with van der Waals surface area (Å²) >= 11 is 0. The SMILES string of the molecule is COc1cccc(NC(CO)C(C)C)c1[N+](=O)[O-]. The van der Waals surface area contributed by atoms with E-state index in [9.17, 15) is 15.2 Å². The second-order valence-electron chi connectivity index (χ2n) is 4.29. The fraction of sp³-hybridized carbons (Fsp3) is 0.500. The van der Waals surface area contributed by atoms with Crippen molar-refractivity contribution in [3.8, 4) is 5.75 Å². The third-order valence-corrected chi connectivity index (χ3v) is 2.74. The summed E-state index contributed by atoms with van der Waals surface area (Å²) in [5, 5.41) is 23.3. The van der Waals surface area contributed by atoms with Crippen molar-refractivity contribution in [1.82, 2.24) is 0 Å². The van der Waals surface area contributed by atoms with Crippen molar-refractivity contribution in [3.63, 3.8) is 0 Å². The minimum atomic E-state index is -0.490. The Balaban J connectivity index is 3.12. The number of benzene rings is 1. The minimum absolute atomic E-state index is 0.0912. The molecule has 0 saturated heterocycles. The summed E-state index contributed by atoms with van der Waals surface area (Å²) in [6.07, 6.45) is 0. The normalized spacial score (nSPS) is 12.3. The summed E-state index contributed by atoms with van der Waals surface area (Å²) < 4.78 is 4.98. The number of nitrogens with zero attached hydrogens (tertiary/aromatic N) is 1. The molecule has 100 valence electrons. The lowest BCUT2D eigenvalue weighted by Gasteiger charge is -2.21. The maximum Gasteiger partial charge on any atom is 0.333 e. The fourth-order valence-electron chi connectivity index (χ4n) is 1.61. The summed E-state index contributed by atoms with van der Waals surface area (Å²) in [6.45, 7) is 3.77. The zero-order valence-electron chi connectivity index (χ0n) is 10.7. The number of aliphatic hydroxyl groups is 1. The first kappa shape index (κ1) is 14.2. The molecular formula is C12H18N2O4. The van der Waals surface area contributed by atoms with Crippen molar-refractivity contribution in [2.24, 2.45) is 5.92 Å². The van der Waals surface area contributed by atoms with Crippen LogP contribution in [0.4, 0.5) is 11.4 Å². The summed E-state index contributed by atoms with van der Waals surface area (Å²) in [5.74, 6) is 0.353. The number of aliphatic hydroxyl groups excluding tert-OH is 1. The van der Waals surface area contributed by atoms with Gasteiger partial charge in [-0.1, -0.05) is 19.9 Å². The van der Waals surface area contributed by atoms with Gasteiger partial charge in [0.25, 0.3) is 0 Å². The van der Waals surface area contributed by atoms with Crippen LogP contribution >= 0.6 is 0 Å². The molecule has 1 unspecified atom stereocenters. The van der Waals surface area contributed by atoms with Gasteiger partial charge in [0.15, 0.2) is 5.75 Å². The smallest absolute Gasteiger partial charge is 0.333 e. The van der Waals surface area contributed by atoms with Gasteiger partial charge in [0.2, 0.25) is 0 Å². The van der Waals surface area contributed by atoms with Crippen molar-refractivity contribution < 1.29 is 14.8 Å². The molecule has 0 amide bonds. The van der Waals surface area contributed by atoms with E-state index in [1.54, 1.807) is 12.1 Å². The van der Waals surface area contributed by atoms with Crippen LogP contribution in [0.5, 0.6) is 5.75 Å². The average Bonchev–Trinajstić information content (AvgIpc) is 2.34. The van der Waals surface area contributed by atoms with E-state index in [4.69, 9.17) is 4.74 Å². The number of para-hydroxylation sites is 1. The Morgan fingerprint density at radius 2 is 2.17 bits per heavy atom. The quantitative estimate of drug-likeness (QED) is 0.599. The maximum absolute atomic E-state index is 11.1. The molecule has 0 saturated carbocycles. The molecule has 0 spiro atoms. The molecule has 0 heterocycles. The molecule has 0 fully saturated rings. The lowest BCUT2D eigenvalue weighted by atomic mass is 10.0. The molecule has 0 aromatic heterocycles. The van der Waals surface area contributed by atoms with Gasteiger partial charge in [-0.15, -0.1) is 0 Å². The average molecular weight is 254 g/mol.